The predicted molar refractivity (Wildman–Crippen MR) is 72.8 cm³/mol. The number of nitro groups is 1. The lowest BCUT2D eigenvalue weighted by Crippen LogP contribution is -2.09. The fourth-order valence-electron chi connectivity index (χ4n) is 1.39. The fourth-order valence-corrected chi connectivity index (χ4v) is 1.87. The van der Waals surface area contributed by atoms with Gasteiger partial charge in [-0.25, -0.2) is 9.78 Å². The van der Waals surface area contributed by atoms with E-state index in [-0.39, 0.29) is 11.4 Å². The molecule has 0 unspecified atom stereocenters. The Hall–Kier alpha value is -2.92. The van der Waals surface area contributed by atoms with Gasteiger partial charge in [-0.3, -0.25) is 15.4 Å². The number of aromatic nitrogens is 1. The summed E-state index contributed by atoms with van der Waals surface area (Å²) in [7, 11) is 0. The van der Waals surface area contributed by atoms with Gasteiger partial charge in [0.05, 0.1) is 4.92 Å². The zero-order valence-corrected chi connectivity index (χ0v) is 10.7. The first-order valence-corrected chi connectivity index (χ1v) is 6.14. The number of benzene rings is 1. The quantitative estimate of drug-likeness (QED) is 0.502. The second-order valence-electron chi connectivity index (χ2n) is 3.51. The highest BCUT2D eigenvalue weighted by atomic mass is 32.1. The maximum absolute atomic E-state index is 10.9. The molecule has 1 aromatic carbocycles. The van der Waals surface area contributed by atoms with Gasteiger partial charge in [-0.2, -0.15) is 0 Å². The highest BCUT2D eigenvalue weighted by Gasteiger charge is 2.15. The van der Waals surface area contributed by atoms with E-state index in [2.05, 4.69) is 16.8 Å². The standard InChI is InChI=1S/C12H7N3O4S/c16-12(17)14-9-3-1-8(7-10(9)15(18)19)2-4-11-13-5-6-20-11/h1,3,5-7,14H,(H,16,17). The molecule has 100 valence electrons. The van der Waals surface area contributed by atoms with Gasteiger partial charge in [0.25, 0.3) is 5.69 Å². The summed E-state index contributed by atoms with van der Waals surface area (Å²) in [6.07, 6.45) is 0.242. The van der Waals surface area contributed by atoms with Crippen molar-refractivity contribution in [3.8, 4) is 11.8 Å². The van der Waals surface area contributed by atoms with Crippen LogP contribution in [-0.2, 0) is 0 Å². The number of carboxylic acid groups (broad SMARTS) is 1. The molecule has 0 atom stereocenters. The summed E-state index contributed by atoms with van der Waals surface area (Å²) in [6, 6.07) is 4.02. The molecule has 2 rings (SSSR count). The second kappa shape index (κ2) is 5.81. The van der Waals surface area contributed by atoms with Crippen LogP contribution >= 0.6 is 11.3 Å². The van der Waals surface area contributed by atoms with Gasteiger partial charge in [0.2, 0.25) is 0 Å². The average molecular weight is 289 g/mol. The zero-order valence-electron chi connectivity index (χ0n) is 9.86. The molecule has 0 aliphatic carbocycles. The lowest BCUT2D eigenvalue weighted by Gasteiger charge is -2.02. The summed E-state index contributed by atoms with van der Waals surface area (Å²) >= 11 is 1.36. The average Bonchev–Trinajstić information content (AvgIpc) is 2.89. The third kappa shape index (κ3) is 3.30. The van der Waals surface area contributed by atoms with Crippen molar-refractivity contribution in [2.75, 3.05) is 5.32 Å². The van der Waals surface area contributed by atoms with Gasteiger partial charge in [-0.15, -0.1) is 11.3 Å². The van der Waals surface area contributed by atoms with Crippen molar-refractivity contribution in [2.45, 2.75) is 0 Å². The Morgan fingerprint density at radius 1 is 1.45 bits per heavy atom. The number of hydrogen-bond donors (Lipinski definition) is 2. The Morgan fingerprint density at radius 3 is 2.85 bits per heavy atom. The Balaban J connectivity index is 2.35. The van der Waals surface area contributed by atoms with E-state index in [0.717, 1.165) is 0 Å². The number of nitrogens with zero attached hydrogens (tertiary/aromatic N) is 2. The molecule has 8 heteroatoms. The van der Waals surface area contributed by atoms with Crippen LogP contribution in [0.25, 0.3) is 0 Å². The number of nitrogens with one attached hydrogen (secondary N) is 1. The minimum Gasteiger partial charge on any atom is -0.465 e. The van der Waals surface area contributed by atoms with Gasteiger partial charge in [-0.1, -0.05) is 5.92 Å². The van der Waals surface area contributed by atoms with Crippen molar-refractivity contribution in [1.82, 2.24) is 4.98 Å². The van der Waals surface area contributed by atoms with Crippen molar-refractivity contribution in [1.29, 1.82) is 0 Å². The first-order chi connectivity index (χ1) is 9.56. The molecule has 0 fully saturated rings. The summed E-state index contributed by atoms with van der Waals surface area (Å²) < 4.78 is 0. The molecule has 0 saturated heterocycles. The van der Waals surface area contributed by atoms with Gasteiger partial charge in [0, 0.05) is 23.2 Å². The van der Waals surface area contributed by atoms with Crippen LogP contribution in [0.2, 0.25) is 0 Å². The number of nitro benzene ring substituents is 1. The molecule has 1 heterocycles. The minimum absolute atomic E-state index is 0.0951. The second-order valence-corrected chi connectivity index (χ2v) is 4.40. The number of carbonyl (C=O) groups is 1. The van der Waals surface area contributed by atoms with Crippen LogP contribution in [0.4, 0.5) is 16.2 Å². The Bertz CT molecular complexity index is 716. The Morgan fingerprint density at radius 2 is 2.25 bits per heavy atom. The molecule has 0 radical (unpaired) electrons. The Labute approximate surface area is 117 Å². The van der Waals surface area contributed by atoms with Crippen LogP contribution in [0.1, 0.15) is 10.6 Å². The zero-order chi connectivity index (χ0) is 14.5. The number of thiazole rings is 1. The van der Waals surface area contributed by atoms with Gasteiger partial charge >= 0.3 is 6.09 Å². The van der Waals surface area contributed by atoms with E-state index in [4.69, 9.17) is 5.11 Å². The van der Waals surface area contributed by atoms with Crippen LogP contribution in [0, 0.1) is 22.0 Å². The molecule has 7 nitrogen and oxygen atoms in total. The van der Waals surface area contributed by atoms with Crippen LogP contribution in [0.3, 0.4) is 0 Å². The molecule has 0 saturated carbocycles. The monoisotopic (exact) mass is 289 g/mol. The number of rotatable bonds is 2. The summed E-state index contributed by atoms with van der Waals surface area (Å²) in [5, 5.41) is 23.8. The normalized spacial score (nSPS) is 9.40. The van der Waals surface area contributed by atoms with Gasteiger partial charge in [0.15, 0.2) is 5.01 Å². The smallest absolute Gasteiger partial charge is 0.409 e. The number of hydrogen-bond acceptors (Lipinski definition) is 5. The maximum atomic E-state index is 10.9. The van der Waals surface area contributed by atoms with Gasteiger partial charge in [-0.05, 0) is 18.1 Å². The Kier molecular flexibility index (Phi) is 3.93. The summed E-state index contributed by atoms with van der Waals surface area (Å²) in [5.41, 5.74) is -0.0384. The van der Waals surface area contributed by atoms with Crippen molar-refractivity contribution in [3.05, 3.63) is 50.5 Å². The molecule has 0 aliphatic heterocycles. The minimum atomic E-state index is -1.37. The molecule has 0 aliphatic rings. The highest BCUT2D eigenvalue weighted by Crippen LogP contribution is 2.25. The third-order valence-electron chi connectivity index (χ3n) is 2.18. The van der Waals surface area contributed by atoms with Gasteiger partial charge < -0.3 is 5.11 Å². The van der Waals surface area contributed by atoms with E-state index in [1.54, 1.807) is 11.6 Å². The van der Waals surface area contributed by atoms with E-state index in [1.165, 1.54) is 29.5 Å². The summed E-state index contributed by atoms with van der Waals surface area (Å²) in [6.45, 7) is 0. The molecule has 0 spiro atoms. The van der Waals surface area contributed by atoms with E-state index in [1.807, 2.05) is 5.32 Å². The van der Waals surface area contributed by atoms with E-state index >= 15 is 0 Å². The fraction of sp³-hybridized carbons (Fsp3) is 0. The van der Waals surface area contributed by atoms with Crippen LogP contribution in [0.5, 0.6) is 0 Å². The SMILES string of the molecule is O=C(O)Nc1ccc(C#Cc2nccs2)cc1[N+](=O)[O-]. The summed E-state index contributed by atoms with van der Waals surface area (Å²) in [4.78, 5) is 24.7. The molecule has 20 heavy (non-hydrogen) atoms. The van der Waals surface area contributed by atoms with Crippen LogP contribution < -0.4 is 5.32 Å². The van der Waals surface area contributed by atoms with Gasteiger partial charge in [0.1, 0.15) is 5.69 Å². The molecule has 0 bridgehead atoms. The number of amides is 1. The molecule has 2 aromatic rings. The van der Waals surface area contributed by atoms with E-state index in [0.29, 0.717) is 10.6 Å². The van der Waals surface area contributed by atoms with Crippen LogP contribution in [-0.4, -0.2) is 21.1 Å². The highest BCUT2D eigenvalue weighted by molar-refractivity contribution is 7.10. The van der Waals surface area contributed by atoms with E-state index < -0.39 is 11.0 Å². The molecular weight excluding hydrogens is 282 g/mol. The summed E-state index contributed by atoms with van der Waals surface area (Å²) in [5.74, 6) is 5.51. The van der Waals surface area contributed by atoms with Crippen molar-refractivity contribution >= 4 is 28.8 Å². The van der Waals surface area contributed by atoms with Crippen LogP contribution in [0.15, 0.2) is 29.8 Å². The molecule has 2 N–H and O–H groups in total. The largest absolute Gasteiger partial charge is 0.465 e. The first-order valence-electron chi connectivity index (χ1n) is 5.26. The topological polar surface area (TPSA) is 105 Å². The number of anilines is 1. The molecule has 1 amide bonds. The van der Waals surface area contributed by atoms with Crippen molar-refractivity contribution in [3.63, 3.8) is 0 Å². The van der Waals surface area contributed by atoms with E-state index in [9.17, 15) is 14.9 Å². The lowest BCUT2D eigenvalue weighted by atomic mass is 10.1. The van der Waals surface area contributed by atoms with Crippen molar-refractivity contribution < 1.29 is 14.8 Å². The third-order valence-corrected chi connectivity index (χ3v) is 2.87. The predicted octanol–water partition coefficient (Wildman–Crippen LogP) is 2.54. The molecular formula is C12H7N3O4S. The maximum Gasteiger partial charge on any atom is 0.409 e. The lowest BCUT2D eigenvalue weighted by molar-refractivity contribution is -0.383. The molecule has 1 aromatic heterocycles. The first kappa shape index (κ1) is 13.5. The van der Waals surface area contributed by atoms with Crippen molar-refractivity contribution in [2.24, 2.45) is 0 Å².